The maximum Gasteiger partial charge on any atom is 0.241 e. The molecule has 0 spiro atoms. The van der Waals surface area contributed by atoms with Crippen molar-refractivity contribution in [2.24, 2.45) is 0 Å². The number of rotatable bonds is 1. The molecule has 96 valence electrons. The van der Waals surface area contributed by atoms with Crippen LogP contribution in [0.5, 0.6) is 0 Å². The van der Waals surface area contributed by atoms with Gasteiger partial charge < -0.3 is 10.4 Å². The Morgan fingerprint density at radius 3 is 2.89 bits per heavy atom. The van der Waals surface area contributed by atoms with Gasteiger partial charge in [-0.3, -0.25) is 9.69 Å². The number of benzene rings is 1. The molecule has 1 aromatic carbocycles. The zero-order chi connectivity index (χ0) is 12.5. The van der Waals surface area contributed by atoms with Gasteiger partial charge in [-0.2, -0.15) is 0 Å². The van der Waals surface area contributed by atoms with Gasteiger partial charge >= 0.3 is 0 Å². The minimum atomic E-state index is -0.275. The van der Waals surface area contributed by atoms with Crippen molar-refractivity contribution in [2.75, 3.05) is 18.4 Å². The van der Waals surface area contributed by atoms with Crippen LogP contribution in [0.2, 0.25) is 0 Å². The second-order valence-electron chi connectivity index (χ2n) is 5.14. The normalized spacial score (nSPS) is 28.6. The smallest absolute Gasteiger partial charge is 0.241 e. The second kappa shape index (κ2) is 4.71. The number of carbonyl (C=O) groups is 1. The van der Waals surface area contributed by atoms with E-state index in [1.54, 1.807) is 0 Å². The lowest BCUT2D eigenvalue weighted by molar-refractivity contribution is -0.121. The van der Waals surface area contributed by atoms with Gasteiger partial charge in [-0.1, -0.05) is 18.2 Å². The fourth-order valence-electron chi connectivity index (χ4n) is 2.90. The first-order valence-electron chi connectivity index (χ1n) is 6.55. The summed E-state index contributed by atoms with van der Waals surface area (Å²) in [5.74, 6) is 0.0639. The third kappa shape index (κ3) is 2.13. The van der Waals surface area contributed by atoms with Crippen LogP contribution >= 0.6 is 0 Å². The fraction of sp³-hybridized carbons (Fsp3) is 0.500. The molecule has 0 radical (unpaired) electrons. The van der Waals surface area contributed by atoms with Crippen molar-refractivity contribution in [1.82, 2.24) is 4.90 Å². The first-order valence-corrected chi connectivity index (χ1v) is 6.55. The van der Waals surface area contributed by atoms with Gasteiger partial charge in [0.25, 0.3) is 0 Å². The summed E-state index contributed by atoms with van der Waals surface area (Å²) in [6.45, 7) is 1.43. The Morgan fingerprint density at radius 1 is 1.28 bits per heavy atom. The molecule has 1 aromatic rings. The molecule has 4 heteroatoms. The molecule has 0 bridgehead atoms. The van der Waals surface area contributed by atoms with Crippen molar-refractivity contribution in [1.29, 1.82) is 0 Å². The SMILES string of the molecule is O=C1Nc2ccccc2CCC1N1CC[C@H](O)C1. The Labute approximate surface area is 107 Å². The van der Waals surface area contributed by atoms with E-state index in [4.69, 9.17) is 0 Å². The van der Waals surface area contributed by atoms with Crippen molar-refractivity contribution in [3.05, 3.63) is 29.8 Å². The highest BCUT2D eigenvalue weighted by Crippen LogP contribution is 2.25. The Morgan fingerprint density at radius 2 is 2.11 bits per heavy atom. The molecule has 18 heavy (non-hydrogen) atoms. The number of aryl methyl sites for hydroxylation is 1. The third-order valence-corrected chi connectivity index (χ3v) is 3.90. The zero-order valence-electron chi connectivity index (χ0n) is 10.3. The molecular formula is C14H18N2O2. The maximum absolute atomic E-state index is 12.2. The number of anilines is 1. The number of carbonyl (C=O) groups excluding carboxylic acids is 1. The Kier molecular flexibility index (Phi) is 3.06. The summed E-state index contributed by atoms with van der Waals surface area (Å²) in [6, 6.07) is 7.87. The molecule has 1 unspecified atom stereocenters. The van der Waals surface area contributed by atoms with E-state index in [0.717, 1.165) is 31.5 Å². The van der Waals surface area contributed by atoms with Crippen molar-refractivity contribution < 1.29 is 9.90 Å². The molecule has 2 aliphatic heterocycles. The van der Waals surface area contributed by atoms with Crippen molar-refractivity contribution in [2.45, 2.75) is 31.4 Å². The summed E-state index contributed by atoms with van der Waals surface area (Å²) in [4.78, 5) is 14.3. The summed E-state index contributed by atoms with van der Waals surface area (Å²) in [5, 5.41) is 12.6. The summed E-state index contributed by atoms with van der Waals surface area (Å²) < 4.78 is 0. The highest BCUT2D eigenvalue weighted by Gasteiger charge is 2.33. The van der Waals surface area contributed by atoms with Crippen LogP contribution in [0.1, 0.15) is 18.4 Å². The lowest BCUT2D eigenvalue weighted by Crippen LogP contribution is -2.42. The van der Waals surface area contributed by atoms with E-state index in [1.165, 1.54) is 5.56 Å². The number of hydrogen-bond donors (Lipinski definition) is 2. The molecule has 2 aliphatic rings. The van der Waals surface area contributed by atoms with E-state index in [-0.39, 0.29) is 18.1 Å². The lowest BCUT2D eigenvalue weighted by atomic mass is 10.1. The van der Waals surface area contributed by atoms with Gasteiger partial charge in [0.15, 0.2) is 0 Å². The Bertz CT molecular complexity index is 461. The van der Waals surface area contributed by atoms with Crippen LogP contribution in [0.15, 0.2) is 24.3 Å². The molecule has 0 aliphatic carbocycles. The van der Waals surface area contributed by atoms with Crippen molar-refractivity contribution >= 4 is 11.6 Å². The molecular weight excluding hydrogens is 228 g/mol. The number of fused-ring (bicyclic) bond motifs is 1. The van der Waals surface area contributed by atoms with E-state index in [1.807, 2.05) is 18.2 Å². The molecule has 2 atom stereocenters. The third-order valence-electron chi connectivity index (χ3n) is 3.90. The topological polar surface area (TPSA) is 52.6 Å². The van der Waals surface area contributed by atoms with E-state index < -0.39 is 0 Å². The average molecular weight is 246 g/mol. The van der Waals surface area contributed by atoms with Gasteiger partial charge in [0.1, 0.15) is 0 Å². The van der Waals surface area contributed by atoms with Crippen LogP contribution in [-0.2, 0) is 11.2 Å². The number of nitrogens with one attached hydrogen (secondary N) is 1. The molecule has 1 fully saturated rings. The number of β-amino-alcohol motifs (C(OH)–C–C–N with tert-alkyl or cyclic N) is 1. The molecule has 2 heterocycles. The number of aliphatic hydroxyl groups excluding tert-OH is 1. The molecule has 0 aromatic heterocycles. The van der Waals surface area contributed by atoms with Crippen LogP contribution in [0.3, 0.4) is 0 Å². The molecule has 1 saturated heterocycles. The van der Waals surface area contributed by atoms with Crippen LogP contribution in [0.25, 0.3) is 0 Å². The largest absolute Gasteiger partial charge is 0.392 e. The van der Waals surface area contributed by atoms with Crippen LogP contribution in [-0.4, -0.2) is 41.1 Å². The number of likely N-dealkylation sites (tertiary alicyclic amines) is 1. The summed E-state index contributed by atoms with van der Waals surface area (Å²) in [7, 11) is 0. The first kappa shape index (κ1) is 11.7. The quantitative estimate of drug-likeness (QED) is 0.777. The number of nitrogens with zero attached hydrogens (tertiary/aromatic N) is 1. The van der Waals surface area contributed by atoms with Gasteiger partial charge in [0.05, 0.1) is 12.1 Å². The Balaban J connectivity index is 1.78. The molecule has 2 N–H and O–H groups in total. The number of hydrogen-bond acceptors (Lipinski definition) is 3. The number of aliphatic hydroxyl groups is 1. The van der Waals surface area contributed by atoms with Crippen LogP contribution in [0, 0.1) is 0 Å². The highest BCUT2D eigenvalue weighted by molar-refractivity contribution is 5.96. The van der Waals surface area contributed by atoms with E-state index in [9.17, 15) is 9.90 Å². The average Bonchev–Trinajstić information content (AvgIpc) is 2.70. The van der Waals surface area contributed by atoms with Gasteiger partial charge in [-0.25, -0.2) is 0 Å². The zero-order valence-corrected chi connectivity index (χ0v) is 10.3. The fourth-order valence-corrected chi connectivity index (χ4v) is 2.90. The van der Waals surface area contributed by atoms with E-state index in [2.05, 4.69) is 16.3 Å². The van der Waals surface area contributed by atoms with Gasteiger partial charge in [0.2, 0.25) is 5.91 Å². The monoisotopic (exact) mass is 246 g/mol. The summed E-state index contributed by atoms with van der Waals surface area (Å²) in [5.41, 5.74) is 2.14. The summed E-state index contributed by atoms with van der Waals surface area (Å²) in [6.07, 6.45) is 2.24. The number of para-hydroxylation sites is 1. The van der Waals surface area contributed by atoms with E-state index >= 15 is 0 Å². The van der Waals surface area contributed by atoms with Crippen LogP contribution in [0.4, 0.5) is 5.69 Å². The summed E-state index contributed by atoms with van der Waals surface area (Å²) >= 11 is 0. The predicted molar refractivity (Wildman–Crippen MR) is 69.4 cm³/mol. The van der Waals surface area contributed by atoms with Crippen LogP contribution < -0.4 is 5.32 Å². The second-order valence-corrected chi connectivity index (χ2v) is 5.14. The maximum atomic E-state index is 12.2. The van der Waals surface area contributed by atoms with Gasteiger partial charge in [0, 0.05) is 18.8 Å². The van der Waals surface area contributed by atoms with E-state index in [0.29, 0.717) is 6.54 Å². The molecule has 3 rings (SSSR count). The molecule has 1 amide bonds. The standard InChI is InChI=1S/C14H18N2O2/c17-11-7-8-16(9-11)13-6-5-10-3-1-2-4-12(10)15-14(13)18/h1-4,11,13,17H,5-9H2,(H,15,18)/t11-,13?/m0/s1. The number of amides is 1. The molecule has 4 nitrogen and oxygen atoms in total. The van der Waals surface area contributed by atoms with Crippen molar-refractivity contribution in [3.63, 3.8) is 0 Å². The Hall–Kier alpha value is -1.39. The highest BCUT2D eigenvalue weighted by atomic mass is 16.3. The lowest BCUT2D eigenvalue weighted by Gasteiger charge is -2.24. The molecule has 0 saturated carbocycles. The van der Waals surface area contributed by atoms with Gasteiger partial charge in [-0.15, -0.1) is 0 Å². The van der Waals surface area contributed by atoms with Crippen molar-refractivity contribution in [3.8, 4) is 0 Å². The first-order chi connectivity index (χ1) is 8.74. The predicted octanol–water partition coefficient (Wildman–Crippen LogP) is 1.01. The van der Waals surface area contributed by atoms with Gasteiger partial charge in [-0.05, 0) is 30.9 Å². The minimum Gasteiger partial charge on any atom is -0.392 e. The minimum absolute atomic E-state index is 0.0639.